The lowest BCUT2D eigenvalue weighted by Crippen LogP contribution is -2.15. The molecule has 0 aromatic rings. The van der Waals surface area contributed by atoms with Crippen molar-refractivity contribution in [2.75, 3.05) is 112 Å². The Balaban J connectivity index is 3.07. The summed E-state index contributed by atoms with van der Waals surface area (Å²) in [5.74, 6) is -0.152. The predicted octanol–water partition coefficient (Wildman–Crippen LogP) is 8.50. The number of hydrogen-bond donors (Lipinski definition) is 0. The maximum Gasteiger partial charge on any atom is 0.305 e. The molecule has 0 heterocycles. The highest BCUT2D eigenvalue weighted by atomic mass is 16.6. The summed E-state index contributed by atoms with van der Waals surface area (Å²) in [5, 5.41) is 0. The van der Waals surface area contributed by atoms with Crippen molar-refractivity contribution in [2.24, 2.45) is 0 Å². The molecule has 300 valence electrons. The maximum absolute atomic E-state index is 11.5. The molecule has 0 bridgehead atoms. The van der Waals surface area contributed by atoms with Crippen molar-refractivity contribution in [2.45, 2.75) is 142 Å². The molecule has 0 saturated carbocycles. The zero-order valence-corrected chi connectivity index (χ0v) is 32.7. The minimum atomic E-state index is -0.152. The Bertz CT molecular complexity index is 625. The number of hydrogen-bond acceptors (Lipinski definition) is 10. The fourth-order valence-electron chi connectivity index (χ4n) is 5.20. The second-order valence-corrected chi connectivity index (χ2v) is 12.9. The van der Waals surface area contributed by atoms with E-state index >= 15 is 0 Å². The van der Waals surface area contributed by atoms with Crippen LogP contribution >= 0.6 is 0 Å². The molecular formula is C40H80O10. The van der Waals surface area contributed by atoms with Crippen LogP contribution in [-0.4, -0.2) is 118 Å². The Hall–Kier alpha value is -0.850. The number of rotatable bonds is 45. The molecule has 10 heteroatoms. The highest BCUT2D eigenvalue weighted by molar-refractivity contribution is 5.69. The van der Waals surface area contributed by atoms with Crippen LogP contribution < -0.4 is 0 Å². The Labute approximate surface area is 307 Å². The van der Waals surface area contributed by atoms with Crippen LogP contribution in [0, 0.1) is 0 Å². The Morgan fingerprint density at radius 1 is 0.280 bits per heavy atom. The summed E-state index contributed by atoms with van der Waals surface area (Å²) in [6, 6.07) is 0. The molecule has 0 aromatic carbocycles. The first-order chi connectivity index (χ1) is 24.8. The first-order valence-corrected chi connectivity index (χ1v) is 20.6. The van der Waals surface area contributed by atoms with Gasteiger partial charge in [0.25, 0.3) is 0 Å². The van der Waals surface area contributed by atoms with E-state index in [0.717, 1.165) is 32.3 Å². The second kappa shape index (κ2) is 46.2. The molecule has 0 aromatic heterocycles. The van der Waals surface area contributed by atoms with Gasteiger partial charge in [0.05, 0.1) is 99.1 Å². The lowest BCUT2D eigenvalue weighted by molar-refractivity contribution is -0.145. The molecule has 0 aliphatic carbocycles. The zero-order valence-electron chi connectivity index (χ0n) is 32.7. The van der Waals surface area contributed by atoms with Gasteiger partial charge in [-0.05, 0) is 12.8 Å². The van der Waals surface area contributed by atoms with E-state index in [1.807, 2.05) is 0 Å². The van der Waals surface area contributed by atoms with E-state index in [4.69, 9.17) is 42.6 Å². The normalized spacial score (nSPS) is 11.5. The van der Waals surface area contributed by atoms with Crippen molar-refractivity contribution in [3.8, 4) is 0 Å². The number of carbonyl (C=O) groups excluding carboxylic acids is 1. The van der Waals surface area contributed by atoms with Crippen LogP contribution in [0.4, 0.5) is 0 Å². The van der Waals surface area contributed by atoms with E-state index in [9.17, 15) is 4.79 Å². The minimum absolute atomic E-state index is 0.152. The van der Waals surface area contributed by atoms with Crippen molar-refractivity contribution >= 4 is 5.97 Å². The molecule has 0 aliphatic heterocycles. The average Bonchev–Trinajstić information content (AvgIpc) is 3.12. The van der Waals surface area contributed by atoms with Crippen LogP contribution in [0.3, 0.4) is 0 Å². The molecule has 0 radical (unpaired) electrons. The fraction of sp³-hybridized carbons (Fsp3) is 0.975. The average molecular weight is 721 g/mol. The molecule has 10 nitrogen and oxygen atoms in total. The quantitative estimate of drug-likeness (QED) is 0.0450. The third-order valence-corrected chi connectivity index (χ3v) is 8.22. The van der Waals surface area contributed by atoms with E-state index in [0.29, 0.717) is 112 Å². The van der Waals surface area contributed by atoms with Gasteiger partial charge in [-0.3, -0.25) is 4.79 Å². The summed E-state index contributed by atoms with van der Waals surface area (Å²) in [5.41, 5.74) is 0. The Morgan fingerprint density at radius 3 is 0.840 bits per heavy atom. The SMILES string of the molecule is CCCCCCCCCCCCCCCCCCOCCOCCOCCOCCOCCOCCOCCOCCOC(=O)CCCCC. The van der Waals surface area contributed by atoms with Gasteiger partial charge in [-0.2, -0.15) is 0 Å². The van der Waals surface area contributed by atoms with Gasteiger partial charge in [0.15, 0.2) is 0 Å². The number of ether oxygens (including phenoxy) is 9. The third kappa shape index (κ3) is 45.2. The summed E-state index contributed by atoms with van der Waals surface area (Å²) >= 11 is 0. The van der Waals surface area contributed by atoms with Gasteiger partial charge in [0.1, 0.15) is 6.61 Å². The summed E-state index contributed by atoms with van der Waals surface area (Å²) in [6.45, 7) is 13.4. The van der Waals surface area contributed by atoms with E-state index in [-0.39, 0.29) is 5.97 Å². The molecule has 0 atom stereocenters. The fourth-order valence-corrected chi connectivity index (χ4v) is 5.20. The van der Waals surface area contributed by atoms with Crippen molar-refractivity contribution in [1.29, 1.82) is 0 Å². The van der Waals surface area contributed by atoms with Gasteiger partial charge in [0.2, 0.25) is 0 Å². The molecule has 0 saturated heterocycles. The number of esters is 1. The first kappa shape index (κ1) is 49.1. The van der Waals surface area contributed by atoms with Gasteiger partial charge < -0.3 is 42.6 Å². The summed E-state index contributed by atoms with van der Waals surface area (Å²) in [6.07, 6.45) is 25.7. The van der Waals surface area contributed by atoms with Crippen LogP contribution in [0.5, 0.6) is 0 Å². The van der Waals surface area contributed by atoms with Crippen LogP contribution in [0.1, 0.15) is 142 Å². The maximum atomic E-state index is 11.5. The standard InChI is InChI=1S/C40H80O10/c1-3-5-7-8-9-10-11-12-13-14-15-16-17-18-19-21-23-42-24-25-43-26-27-44-28-29-45-30-31-46-32-33-47-34-35-48-36-37-49-38-39-50-40(41)22-20-6-4-2/h3-39H2,1-2H3. The van der Waals surface area contributed by atoms with Crippen molar-refractivity contribution < 1.29 is 47.4 Å². The summed E-state index contributed by atoms with van der Waals surface area (Å²) in [4.78, 5) is 11.5. The van der Waals surface area contributed by atoms with Gasteiger partial charge in [0, 0.05) is 13.0 Å². The van der Waals surface area contributed by atoms with Crippen LogP contribution in [0.25, 0.3) is 0 Å². The highest BCUT2D eigenvalue weighted by Gasteiger charge is 2.02. The van der Waals surface area contributed by atoms with Crippen molar-refractivity contribution in [3.05, 3.63) is 0 Å². The summed E-state index contributed by atoms with van der Waals surface area (Å²) < 4.78 is 49.2. The molecule has 0 rings (SSSR count). The Kier molecular flexibility index (Phi) is 45.4. The molecule has 0 unspecified atom stereocenters. The second-order valence-electron chi connectivity index (χ2n) is 12.9. The van der Waals surface area contributed by atoms with E-state index in [2.05, 4.69) is 13.8 Å². The Morgan fingerprint density at radius 2 is 0.520 bits per heavy atom. The van der Waals surface area contributed by atoms with Gasteiger partial charge in [-0.25, -0.2) is 0 Å². The van der Waals surface area contributed by atoms with Gasteiger partial charge in [-0.1, -0.05) is 123 Å². The zero-order chi connectivity index (χ0) is 36.1. The van der Waals surface area contributed by atoms with Crippen LogP contribution in [0.15, 0.2) is 0 Å². The van der Waals surface area contributed by atoms with E-state index < -0.39 is 0 Å². The largest absolute Gasteiger partial charge is 0.463 e. The van der Waals surface area contributed by atoms with Gasteiger partial charge >= 0.3 is 5.97 Å². The molecule has 0 N–H and O–H groups in total. The van der Waals surface area contributed by atoms with Gasteiger partial charge in [-0.15, -0.1) is 0 Å². The van der Waals surface area contributed by atoms with Crippen molar-refractivity contribution in [1.82, 2.24) is 0 Å². The number of unbranched alkanes of at least 4 members (excludes halogenated alkanes) is 17. The van der Waals surface area contributed by atoms with Crippen LogP contribution in [0.2, 0.25) is 0 Å². The lowest BCUT2D eigenvalue weighted by Gasteiger charge is -2.09. The molecule has 50 heavy (non-hydrogen) atoms. The lowest BCUT2D eigenvalue weighted by atomic mass is 10.0. The van der Waals surface area contributed by atoms with Crippen molar-refractivity contribution in [3.63, 3.8) is 0 Å². The van der Waals surface area contributed by atoms with Crippen LogP contribution in [-0.2, 0) is 47.4 Å². The molecule has 0 aliphatic rings. The molecule has 0 fully saturated rings. The predicted molar refractivity (Wildman–Crippen MR) is 201 cm³/mol. The topological polar surface area (TPSA) is 100 Å². The monoisotopic (exact) mass is 721 g/mol. The molecule has 0 amide bonds. The van der Waals surface area contributed by atoms with E-state index in [1.165, 1.54) is 96.3 Å². The molecule has 0 spiro atoms. The third-order valence-electron chi connectivity index (χ3n) is 8.22. The van der Waals surface area contributed by atoms with E-state index in [1.54, 1.807) is 0 Å². The number of carbonyl (C=O) groups is 1. The highest BCUT2D eigenvalue weighted by Crippen LogP contribution is 2.13. The summed E-state index contributed by atoms with van der Waals surface area (Å²) in [7, 11) is 0. The first-order valence-electron chi connectivity index (χ1n) is 20.6. The smallest absolute Gasteiger partial charge is 0.305 e. The minimum Gasteiger partial charge on any atom is -0.463 e. The molecular weight excluding hydrogens is 640 g/mol.